The van der Waals surface area contributed by atoms with Gasteiger partial charge in [0.05, 0.1) is 52.5 Å². The van der Waals surface area contributed by atoms with Crippen LogP contribution in [0.1, 0.15) is 11.1 Å². The van der Waals surface area contributed by atoms with E-state index in [1.807, 2.05) is 6.07 Å². The van der Waals surface area contributed by atoms with Crippen LogP contribution in [0, 0.1) is 32.8 Å². The maximum Gasteiger partial charge on any atom is 0.272 e. The maximum absolute atomic E-state index is 10.8. The van der Waals surface area contributed by atoms with Gasteiger partial charge in [-0.2, -0.15) is 10.5 Å². The van der Waals surface area contributed by atoms with E-state index in [1.54, 1.807) is 6.07 Å². The predicted molar refractivity (Wildman–Crippen MR) is 97.3 cm³/mol. The van der Waals surface area contributed by atoms with Gasteiger partial charge in [0.1, 0.15) is 12.1 Å². The number of hydrogen-bond donors (Lipinski definition) is 1. The van der Waals surface area contributed by atoms with Crippen molar-refractivity contribution < 1.29 is 4.92 Å². The van der Waals surface area contributed by atoms with Gasteiger partial charge >= 0.3 is 0 Å². The Labute approximate surface area is 166 Å². The summed E-state index contributed by atoms with van der Waals surface area (Å²) in [5.41, 5.74) is -0.600. The molecule has 6 nitrogen and oxygen atoms in total. The zero-order chi connectivity index (χ0) is 18.9. The molecule has 0 aliphatic carbocycles. The molecule has 2 aromatic rings. The van der Waals surface area contributed by atoms with E-state index in [2.05, 4.69) is 5.32 Å². The number of non-ortho nitro benzene ring substituents is 1. The summed E-state index contributed by atoms with van der Waals surface area (Å²) >= 11 is 30.2. The summed E-state index contributed by atoms with van der Waals surface area (Å²) in [6.45, 7) is 0. The van der Waals surface area contributed by atoms with Crippen LogP contribution in [-0.4, -0.2) is 4.92 Å². The molecule has 0 amide bonds. The van der Waals surface area contributed by atoms with Gasteiger partial charge in [0.15, 0.2) is 0 Å². The highest BCUT2D eigenvalue weighted by Crippen LogP contribution is 2.44. The first-order chi connectivity index (χ1) is 11.7. The number of rotatable bonds is 3. The summed E-state index contributed by atoms with van der Waals surface area (Å²) in [6.07, 6.45) is 0. The lowest BCUT2D eigenvalue weighted by molar-refractivity contribution is -0.384. The average molecular weight is 436 g/mol. The number of hydrogen-bond acceptors (Lipinski definition) is 5. The fourth-order valence-corrected chi connectivity index (χ4v) is 3.25. The molecule has 1 N–H and O–H groups in total. The molecule has 0 spiro atoms. The number of nitro benzene ring substituents is 1. The standard InChI is InChI=1S/C14H3Cl5N4O2/c15-8-1-5(23(24)25)2-9(16)14(8)22-13-7(4-21)10(17)6(3-20)11(18)12(13)19/h1-2,22H. The fraction of sp³-hybridized carbons (Fsp3) is 0. The van der Waals surface area contributed by atoms with Crippen LogP contribution in [0.5, 0.6) is 0 Å². The molecule has 2 rings (SSSR count). The van der Waals surface area contributed by atoms with E-state index >= 15 is 0 Å². The average Bonchev–Trinajstić information content (AvgIpc) is 2.55. The van der Waals surface area contributed by atoms with Gasteiger partial charge in [0.2, 0.25) is 0 Å². The molecule has 11 heteroatoms. The summed E-state index contributed by atoms with van der Waals surface area (Å²) < 4.78 is 0. The second-order valence-corrected chi connectivity index (χ2v) is 6.41. The van der Waals surface area contributed by atoms with Crippen molar-refractivity contribution in [3.63, 3.8) is 0 Å². The molecule has 0 radical (unpaired) electrons. The minimum Gasteiger partial charge on any atom is -0.351 e. The Morgan fingerprint density at radius 2 is 1.40 bits per heavy atom. The van der Waals surface area contributed by atoms with E-state index < -0.39 is 4.92 Å². The van der Waals surface area contributed by atoms with Gasteiger partial charge in [0.25, 0.3) is 5.69 Å². The van der Waals surface area contributed by atoms with Crippen molar-refractivity contribution in [1.29, 1.82) is 10.5 Å². The second-order valence-electron chi connectivity index (χ2n) is 4.46. The van der Waals surface area contributed by atoms with E-state index in [-0.39, 0.29) is 53.3 Å². The summed E-state index contributed by atoms with van der Waals surface area (Å²) in [4.78, 5) is 10.2. The van der Waals surface area contributed by atoms with Crippen LogP contribution < -0.4 is 5.32 Å². The lowest BCUT2D eigenvalue weighted by atomic mass is 10.1. The highest BCUT2D eigenvalue weighted by atomic mass is 35.5. The fourth-order valence-electron chi connectivity index (χ4n) is 1.89. The normalized spacial score (nSPS) is 10.0. The maximum atomic E-state index is 10.8. The van der Waals surface area contributed by atoms with E-state index in [0.717, 1.165) is 12.1 Å². The third-order valence-corrected chi connectivity index (χ3v) is 4.86. The number of nitrogens with zero attached hydrogens (tertiary/aromatic N) is 3. The third-order valence-electron chi connectivity index (χ3n) is 3.03. The SMILES string of the molecule is N#Cc1c(Cl)c(Cl)c(Nc2c(Cl)cc([N+](=O)[O-])cc2Cl)c(C#N)c1Cl. The molecule has 2 aromatic carbocycles. The third kappa shape index (κ3) is 3.55. The Morgan fingerprint density at radius 1 is 0.880 bits per heavy atom. The molecule has 126 valence electrons. The van der Waals surface area contributed by atoms with E-state index in [1.165, 1.54) is 0 Å². The minimum atomic E-state index is -0.662. The molecule has 25 heavy (non-hydrogen) atoms. The van der Waals surface area contributed by atoms with Crippen molar-refractivity contribution in [2.24, 2.45) is 0 Å². The quantitative estimate of drug-likeness (QED) is 0.343. The van der Waals surface area contributed by atoms with Gasteiger partial charge < -0.3 is 5.32 Å². The largest absolute Gasteiger partial charge is 0.351 e. The first kappa shape index (κ1) is 19.4. The molecule has 0 aliphatic heterocycles. The first-order valence-electron chi connectivity index (χ1n) is 6.14. The lowest BCUT2D eigenvalue weighted by Gasteiger charge is -2.16. The topological polar surface area (TPSA) is 103 Å². The molecule has 0 heterocycles. The highest BCUT2D eigenvalue weighted by Gasteiger charge is 2.23. The molecule has 0 aromatic heterocycles. The zero-order valence-electron chi connectivity index (χ0n) is 11.7. The number of nitro groups is 1. The molecule has 0 bridgehead atoms. The summed E-state index contributed by atoms with van der Waals surface area (Å²) in [7, 11) is 0. The Kier molecular flexibility index (Phi) is 5.84. The Morgan fingerprint density at radius 3 is 1.84 bits per heavy atom. The van der Waals surface area contributed by atoms with Crippen LogP contribution in [0.15, 0.2) is 12.1 Å². The Hall–Kier alpha value is -1.93. The van der Waals surface area contributed by atoms with Gasteiger partial charge in [-0.05, 0) is 0 Å². The van der Waals surface area contributed by atoms with Crippen molar-refractivity contribution in [2.45, 2.75) is 0 Å². The van der Waals surface area contributed by atoms with Crippen molar-refractivity contribution in [2.75, 3.05) is 5.32 Å². The number of halogens is 5. The van der Waals surface area contributed by atoms with Crippen molar-refractivity contribution in [3.05, 3.63) is 58.5 Å². The molecular formula is C14H3Cl5N4O2. The van der Waals surface area contributed by atoms with Crippen LogP contribution in [0.25, 0.3) is 0 Å². The molecule has 0 saturated heterocycles. The van der Waals surface area contributed by atoms with E-state index in [0.29, 0.717) is 0 Å². The molecular weight excluding hydrogens is 433 g/mol. The van der Waals surface area contributed by atoms with Crippen LogP contribution in [0.2, 0.25) is 25.1 Å². The van der Waals surface area contributed by atoms with Crippen molar-refractivity contribution >= 4 is 75.1 Å². The molecule has 0 unspecified atom stereocenters. The number of benzene rings is 2. The number of nitrogens with one attached hydrogen (secondary N) is 1. The number of nitriles is 2. The summed E-state index contributed by atoms with van der Waals surface area (Å²) in [5, 5.41) is 31.3. The van der Waals surface area contributed by atoms with Gasteiger partial charge in [-0.15, -0.1) is 0 Å². The monoisotopic (exact) mass is 434 g/mol. The summed E-state index contributed by atoms with van der Waals surface area (Å²) in [6, 6.07) is 5.71. The van der Waals surface area contributed by atoms with Gasteiger partial charge in [-0.25, -0.2) is 0 Å². The smallest absolute Gasteiger partial charge is 0.272 e. The zero-order valence-corrected chi connectivity index (χ0v) is 15.5. The number of anilines is 2. The Balaban J connectivity index is 2.69. The minimum absolute atomic E-state index is 0.0316. The van der Waals surface area contributed by atoms with Gasteiger partial charge in [-0.1, -0.05) is 58.0 Å². The molecule has 0 saturated carbocycles. The predicted octanol–water partition coefficient (Wildman–Crippen LogP) is 6.35. The molecule has 0 atom stereocenters. The first-order valence-corrected chi connectivity index (χ1v) is 8.03. The highest BCUT2D eigenvalue weighted by molar-refractivity contribution is 6.47. The summed E-state index contributed by atoms with van der Waals surface area (Å²) in [5.74, 6) is 0. The Bertz CT molecular complexity index is 971. The van der Waals surface area contributed by atoms with Gasteiger partial charge in [-0.3, -0.25) is 10.1 Å². The van der Waals surface area contributed by atoms with E-state index in [9.17, 15) is 15.4 Å². The van der Waals surface area contributed by atoms with Crippen LogP contribution in [-0.2, 0) is 0 Å². The lowest BCUT2D eigenvalue weighted by Crippen LogP contribution is -2.00. The van der Waals surface area contributed by atoms with Crippen LogP contribution >= 0.6 is 58.0 Å². The van der Waals surface area contributed by atoms with Crippen molar-refractivity contribution in [1.82, 2.24) is 0 Å². The molecule has 0 fully saturated rings. The van der Waals surface area contributed by atoms with Gasteiger partial charge in [0, 0.05) is 12.1 Å². The second kappa shape index (κ2) is 7.53. The van der Waals surface area contributed by atoms with Crippen LogP contribution in [0.3, 0.4) is 0 Å². The van der Waals surface area contributed by atoms with E-state index in [4.69, 9.17) is 63.3 Å². The van der Waals surface area contributed by atoms with Crippen molar-refractivity contribution in [3.8, 4) is 12.1 Å². The van der Waals surface area contributed by atoms with Crippen LogP contribution in [0.4, 0.5) is 17.1 Å². The molecule has 0 aliphatic rings.